The van der Waals surface area contributed by atoms with E-state index in [0.717, 1.165) is 5.56 Å². The van der Waals surface area contributed by atoms with Gasteiger partial charge in [-0.05, 0) is 13.0 Å². The number of benzene rings is 1. The number of hydrogen-bond donors (Lipinski definition) is 0. The third kappa shape index (κ3) is 2.26. The van der Waals surface area contributed by atoms with Crippen LogP contribution in [0.2, 0.25) is 0 Å². The second-order valence-electron chi connectivity index (χ2n) is 3.07. The molecule has 1 rings (SSSR count). The van der Waals surface area contributed by atoms with Crippen LogP contribution in [0, 0.1) is 22.5 Å². The van der Waals surface area contributed by atoms with Gasteiger partial charge in [0, 0.05) is 17.5 Å². The first-order valence-corrected chi connectivity index (χ1v) is 4.38. The zero-order chi connectivity index (χ0) is 11.4. The van der Waals surface area contributed by atoms with Crippen molar-refractivity contribution in [3.63, 3.8) is 0 Å². The quantitative estimate of drug-likeness (QED) is 0.432. The Bertz CT molecular complexity index is 420. The van der Waals surface area contributed by atoms with E-state index in [-0.39, 0.29) is 11.6 Å². The van der Waals surface area contributed by atoms with Crippen molar-refractivity contribution in [1.82, 2.24) is 0 Å². The fraction of sp³-hybridized carbons (Fsp3) is 0.273. The molecule has 1 aromatic rings. The molecular weight excluding hydrogens is 194 g/mol. The van der Waals surface area contributed by atoms with E-state index < -0.39 is 4.92 Å². The number of non-ortho nitro benzene ring substituents is 1. The van der Waals surface area contributed by atoms with Crippen molar-refractivity contribution in [2.45, 2.75) is 12.8 Å². The Morgan fingerprint density at radius 2 is 2.27 bits per heavy atom. The molecule has 0 aliphatic carbocycles. The maximum Gasteiger partial charge on any atom is 0.273 e. The molecule has 0 spiro atoms. The number of nitro benzene ring substituents is 1. The van der Waals surface area contributed by atoms with Gasteiger partial charge in [-0.1, -0.05) is 5.92 Å². The predicted molar refractivity (Wildman–Crippen MR) is 56.9 cm³/mol. The van der Waals surface area contributed by atoms with Crippen LogP contribution in [0.4, 0.5) is 5.69 Å². The molecular formula is C11H11NO3. The number of nitrogens with zero attached hydrogens (tertiary/aromatic N) is 1. The average molecular weight is 205 g/mol. The largest absolute Gasteiger partial charge is 0.496 e. The van der Waals surface area contributed by atoms with Crippen molar-refractivity contribution in [1.29, 1.82) is 0 Å². The van der Waals surface area contributed by atoms with Gasteiger partial charge in [-0.2, -0.15) is 0 Å². The van der Waals surface area contributed by atoms with Gasteiger partial charge in [-0.25, -0.2) is 0 Å². The van der Waals surface area contributed by atoms with Gasteiger partial charge in [-0.15, -0.1) is 6.42 Å². The van der Waals surface area contributed by atoms with E-state index in [0.29, 0.717) is 5.75 Å². The van der Waals surface area contributed by atoms with Crippen LogP contribution in [0.5, 0.6) is 5.75 Å². The van der Waals surface area contributed by atoms with Gasteiger partial charge in [-0.3, -0.25) is 10.1 Å². The summed E-state index contributed by atoms with van der Waals surface area (Å²) in [4.78, 5) is 10.1. The summed E-state index contributed by atoms with van der Waals surface area (Å²) in [6.07, 6.45) is 5.29. The van der Waals surface area contributed by atoms with Crippen LogP contribution in [0.1, 0.15) is 18.4 Å². The fourth-order valence-corrected chi connectivity index (χ4v) is 1.26. The minimum atomic E-state index is -0.465. The van der Waals surface area contributed by atoms with Gasteiger partial charge in [0.05, 0.1) is 18.1 Å². The molecule has 0 fully saturated rings. The van der Waals surface area contributed by atoms with Crippen molar-refractivity contribution in [3.8, 4) is 18.1 Å². The first kappa shape index (κ1) is 11.1. The maximum absolute atomic E-state index is 10.5. The number of hydrogen-bond acceptors (Lipinski definition) is 3. The van der Waals surface area contributed by atoms with Gasteiger partial charge in [0.1, 0.15) is 5.75 Å². The molecule has 1 aromatic carbocycles. The smallest absolute Gasteiger partial charge is 0.273 e. The Morgan fingerprint density at radius 3 is 2.73 bits per heavy atom. The average Bonchev–Trinajstić information content (AvgIpc) is 2.27. The van der Waals surface area contributed by atoms with Crippen LogP contribution in [0.25, 0.3) is 0 Å². The molecule has 0 radical (unpaired) electrons. The zero-order valence-electron chi connectivity index (χ0n) is 8.56. The number of terminal acetylenes is 1. The van der Waals surface area contributed by atoms with Crippen LogP contribution >= 0.6 is 0 Å². The number of nitro groups is 1. The Balaban J connectivity index is 3.22. The van der Waals surface area contributed by atoms with Gasteiger partial charge in [0.2, 0.25) is 0 Å². The van der Waals surface area contributed by atoms with Crippen molar-refractivity contribution in [2.75, 3.05) is 7.11 Å². The third-order valence-electron chi connectivity index (χ3n) is 2.14. The highest BCUT2D eigenvalue weighted by atomic mass is 16.6. The summed E-state index contributed by atoms with van der Waals surface area (Å²) in [7, 11) is 1.46. The lowest BCUT2D eigenvalue weighted by Gasteiger charge is -2.10. The van der Waals surface area contributed by atoms with Crippen molar-refractivity contribution >= 4 is 5.69 Å². The summed E-state index contributed by atoms with van der Waals surface area (Å²) in [5, 5.41) is 10.5. The van der Waals surface area contributed by atoms with E-state index in [1.807, 2.05) is 6.92 Å². The van der Waals surface area contributed by atoms with Crippen LogP contribution in [-0.4, -0.2) is 12.0 Å². The van der Waals surface area contributed by atoms with E-state index in [4.69, 9.17) is 11.2 Å². The molecule has 4 heteroatoms. The minimum Gasteiger partial charge on any atom is -0.496 e. The summed E-state index contributed by atoms with van der Waals surface area (Å²) >= 11 is 0. The highest BCUT2D eigenvalue weighted by Crippen LogP contribution is 2.29. The second kappa shape index (κ2) is 4.47. The van der Waals surface area contributed by atoms with Gasteiger partial charge in [0.25, 0.3) is 5.69 Å². The molecule has 78 valence electrons. The monoisotopic (exact) mass is 205 g/mol. The van der Waals surface area contributed by atoms with E-state index >= 15 is 0 Å². The highest BCUT2D eigenvalue weighted by molar-refractivity contribution is 5.47. The molecule has 0 amide bonds. The van der Waals surface area contributed by atoms with Gasteiger partial charge >= 0.3 is 0 Å². The molecule has 0 heterocycles. The molecule has 0 saturated heterocycles. The summed E-state index contributed by atoms with van der Waals surface area (Å²) in [6, 6.07) is 4.43. The van der Waals surface area contributed by atoms with Gasteiger partial charge in [0.15, 0.2) is 0 Å². The summed E-state index contributed by atoms with van der Waals surface area (Å²) < 4.78 is 5.06. The summed E-state index contributed by atoms with van der Waals surface area (Å²) in [5.41, 5.74) is 0.783. The van der Waals surface area contributed by atoms with Crippen LogP contribution in [-0.2, 0) is 0 Å². The minimum absolute atomic E-state index is 0.000165. The normalized spacial score (nSPS) is 11.5. The first-order chi connectivity index (χ1) is 7.10. The molecule has 0 aliphatic heterocycles. The Morgan fingerprint density at radius 1 is 1.60 bits per heavy atom. The standard InChI is InChI=1S/C11H11NO3/c1-4-8(2)10-6-5-9(12(13)14)7-11(10)15-3/h1,5-8H,2-3H3. The second-order valence-corrected chi connectivity index (χ2v) is 3.07. The number of ether oxygens (including phenoxy) is 1. The van der Waals surface area contributed by atoms with Crippen molar-refractivity contribution in [2.24, 2.45) is 0 Å². The van der Waals surface area contributed by atoms with E-state index in [1.54, 1.807) is 6.07 Å². The zero-order valence-corrected chi connectivity index (χ0v) is 8.56. The summed E-state index contributed by atoms with van der Waals surface area (Å²) in [5.74, 6) is 2.88. The van der Waals surface area contributed by atoms with Crippen molar-refractivity contribution < 1.29 is 9.66 Å². The predicted octanol–water partition coefficient (Wildman–Crippen LogP) is 2.34. The molecule has 1 unspecified atom stereocenters. The molecule has 4 nitrogen and oxygen atoms in total. The maximum atomic E-state index is 10.5. The molecule has 0 saturated carbocycles. The Kier molecular flexibility index (Phi) is 3.29. The molecule has 1 atom stereocenters. The Hall–Kier alpha value is -2.02. The highest BCUT2D eigenvalue weighted by Gasteiger charge is 2.14. The van der Waals surface area contributed by atoms with Crippen LogP contribution in [0.15, 0.2) is 18.2 Å². The van der Waals surface area contributed by atoms with E-state index in [9.17, 15) is 10.1 Å². The number of methoxy groups -OCH3 is 1. The van der Waals surface area contributed by atoms with Crippen LogP contribution < -0.4 is 4.74 Å². The lowest BCUT2D eigenvalue weighted by Crippen LogP contribution is -1.97. The lowest BCUT2D eigenvalue weighted by atomic mass is 10.0. The molecule has 15 heavy (non-hydrogen) atoms. The summed E-state index contributed by atoms with van der Waals surface area (Å²) in [6.45, 7) is 1.84. The third-order valence-corrected chi connectivity index (χ3v) is 2.14. The van der Waals surface area contributed by atoms with Gasteiger partial charge < -0.3 is 4.74 Å². The lowest BCUT2D eigenvalue weighted by molar-refractivity contribution is -0.384. The fourth-order valence-electron chi connectivity index (χ4n) is 1.26. The molecule has 0 N–H and O–H groups in total. The van der Waals surface area contributed by atoms with Crippen molar-refractivity contribution in [3.05, 3.63) is 33.9 Å². The molecule has 0 bridgehead atoms. The molecule has 0 aromatic heterocycles. The van der Waals surface area contributed by atoms with E-state index in [1.165, 1.54) is 19.2 Å². The Labute approximate surface area is 88.0 Å². The topological polar surface area (TPSA) is 52.4 Å². The van der Waals surface area contributed by atoms with Crippen LogP contribution in [0.3, 0.4) is 0 Å². The van der Waals surface area contributed by atoms with E-state index in [2.05, 4.69) is 5.92 Å². The molecule has 0 aliphatic rings. The SMILES string of the molecule is C#CC(C)c1ccc([N+](=O)[O-])cc1OC. The number of rotatable bonds is 3. The first-order valence-electron chi connectivity index (χ1n) is 4.38.